The maximum Gasteiger partial charge on any atom is 0.282 e. The summed E-state index contributed by atoms with van der Waals surface area (Å²) in [7, 11) is 3.11. The molecule has 4 rings (SSSR count). The Labute approximate surface area is 193 Å². The number of benzene rings is 3. The second kappa shape index (κ2) is 8.82. The molecule has 1 aliphatic rings. The Hall–Kier alpha value is -4.06. The van der Waals surface area contributed by atoms with E-state index in [0.29, 0.717) is 28.4 Å². The number of rotatable bonds is 6. The third kappa shape index (κ3) is 4.07. The number of carbonyl (C=O) groups is 2. The molecule has 0 bridgehead atoms. The monoisotopic (exact) mass is 442 g/mol. The second-order valence-corrected chi connectivity index (χ2v) is 8.04. The number of hydrogen-bond donors (Lipinski definition) is 1. The van der Waals surface area contributed by atoms with Gasteiger partial charge >= 0.3 is 0 Å². The van der Waals surface area contributed by atoms with Crippen molar-refractivity contribution < 1.29 is 19.1 Å². The number of imide groups is 1. The van der Waals surface area contributed by atoms with E-state index in [9.17, 15) is 9.59 Å². The highest BCUT2D eigenvalue weighted by Crippen LogP contribution is 2.37. The predicted octanol–water partition coefficient (Wildman–Crippen LogP) is 5.03. The molecule has 3 aromatic rings. The molecule has 1 heterocycles. The number of amides is 2. The molecular formula is C27H26N2O4. The van der Waals surface area contributed by atoms with Gasteiger partial charge in [-0.25, -0.2) is 4.90 Å². The molecule has 0 saturated heterocycles. The highest BCUT2D eigenvalue weighted by Gasteiger charge is 2.40. The van der Waals surface area contributed by atoms with Crippen molar-refractivity contribution in [2.24, 2.45) is 0 Å². The molecule has 6 heteroatoms. The highest BCUT2D eigenvalue weighted by molar-refractivity contribution is 6.46. The fourth-order valence-electron chi connectivity index (χ4n) is 3.98. The number of carbonyl (C=O) groups excluding carboxylic acids is 2. The van der Waals surface area contributed by atoms with Crippen molar-refractivity contribution in [3.05, 3.63) is 88.6 Å². The summed E-state index contributed by atoms with van der Waals surface area (Å²) in [5.41, 5.74) is 5.47. The number of nitrogens with one attached hydrogen (secondary N) is 1. The van der Waals surface area contributed by atoms with Gasteiger partial charge in [-0.15, -0.1) is 0 Å². The SMILES string of the molecule is COc1ccc(NC2=C(c3ccc(C)cc3C)C(=O)N(c3ccc(C)cc3)C2=O)cc1OC. The topological polar surface area (TPSA) is 67.9 Å². The summed E-state index contributed by atoms with van der Waals surface area (Å²) in [5, 5.41) is 3.18. The number of ether oxygens (including phenoxy) is 2. The molecule has 0 aliphatic carbocycles. The van der Waals surface area contributed by atoms with Gasteiger partial charge in [-0.05, 0) is 56.2 Å². The van der Waals surface area contributed by atoms with Gasteiger partial charge < -0.3 is 14.8 Å². The largest absolute Gasteiger partial charge is 0.493 e. The zero-order valence-electron chi connectivity index (χ0n) is 19.4. The fourth-order valence-corrected chi connectivity index (χ4v) is 3.98. The molecule has 0 unspecified atom stereocenters. The average Bonchev–Trinajstić information content (AvgIpc) is 3.04. The number of methoxy groups -OCH3 is 2. The number of anilines is 2. The zero-order valence-corrected chi connectivity index (χ0v) is 19.4. The normalized spacial score (nSPS) is 13.5. The average molecular weight is 443 g/mol. The van der Waals surface area contributed by atoms with E-state index < -0.39 is 5.91 Å². The predicted molar refractivity (Wildman–Crippen MR) is 130 cm³/mol. The summed E-state index contributed by atoms with van der Waals surface area (Å²) in [6, 6.07) is 18.4. The van der Waals surface area contributed by atoms with E-state index >= 15 is 0 Å². The quantitative estimate of drug-likeness (QED) is 0.543. The van der Waals surface area contributed by atoms with Gasteiger partial charge in [0.05, 0.1) is 25.5 Å². The van der Waals surface area contributed by atoms with E-state index in [1.807, 2.05) is 51.1 Å². The molecule has 0 saturated carbocycles. The Balaban J connectivity index is 1.84. The fraction of sp³-hybridized carbons (Fsp3) is 0.185. The maximum atomic E-state index is 13.6. The van der Waals surface area contributed by atoms with Gasteiger partial charge in [0.1, 0.15) is 5.70 Å². The molecule has 0 atom stereocenters. The van der Waals surface area contributed by atoms with Gasteiger partial charge in [-0.1, -0.05) is 41.5 Å². The van der Waals surface area contributed by atoms with E-state index in [4.69, 9.17) is 9.47 Å². The lowest BCUT2D eigenvalue weighted by atomic mass is 9.97. The molecule has 0 spiro atoms. The minimum atomic E-state index is -0.409. The van der Waals surface area contributed by atoms with Crippen molar-refractivity contribution in [3.8, 4) is 11.5 Å². The third-order valence-corrected chi connectivity index (χ3v) is 5.68. The molecule has 3 aromatic carbocycles. The molecule has 2 amide bonds. The van der Waals surface area contributed by atoms with Crippen LogP contribution in [0, 0.1) is 20.8 Å². The summed E-state index contributed by atoms with van der Waals surface area (Å²) in [4.78, 5) is 28.4. The van der Waals surface area contributed by atoms with Gasteiger partial charge in [0, 0.05) is 11.8 Å². The van der Waals surface area contributed by atoms with Crippen LogP contribution in [0.2, 0.25) is 0 Å². The van der Waals surface area contributed by atoms with Crippen molar-refractivity contribution in [1.82, 2.24) is 0 Å². The van der Waals surface area contributed by atoms with Crippen molar-refractivity contribution in [1.29, 1.82) is 0 Å². The van der Waals surface area contributed by atoms with Crippen LogP contribution in [-0.2, 0) is 9.59 Å². The van der Waals surface area contributed by atoms with E-state index in [0.717, 1.165) is 22.3 Å². The van der Waals surface area contributed by atoms with Crippen LogP contribution in [-0.4, -0.2) is 26.0 Å². The van der Waals surface area contributed by atoms with Crippen LogP contribution in [0.15, 0.2) is 66.4 Å². The Morgan fingerprint density at radius 1 is 0.727 bits per heavy atom. The van der Waals surface area contributed by atoms with Crippen molar-refractivity contribution in [2.75, 3.05) is 24.4 Å². The maximum absolute atomic E-state index is 13.6. The molecule has 33 heavy (non-hydrogen) atoms. The molecule has 6 nitrogen and oxygen atoms in total. The molecule has 0 fully saturated rings. The summed E-state index contributed by atoms with van der Waals surface area (Å²) < 4.78 is 10.7. The number of hydrogen-bond acceptors (Lipinski definition) is 5. The molecule has 0 radical (unpaired) electrons. The van der Waals surface area contributed by atoms with Gasteiger partial charge in [0.2, 0.25) is 0 Å². The van der Waals surface area contributed by atoms with Crippen LogP contribution in [0.5, 0.6) is 11.5 Å². The minimum Gasteiger partial charge on any atom is -0.493 e. The van der Waals surface area contributed by atoms with Crippen molar-refractivity contribution in [3.63, 3.8) is 0 Å². The summed E-state index contributed by atoms with van der Waals surface area (Å²) >= 11 is 0. The Morgan fingerprint density at radius 3 is 2.03 bits per heavy atom. The van der Waals surface area contributed by atoms with Crippen LogP contribution in [0.25, 0.3) is 5.57 Å². The Morgan fingerprint density at radius 2 is 1.39 bits per heavy atom. The number of aryl methyl sites for hydroxylation is 3. The van der Waals surface area contributed by atoms with E-state index in [1.54, 1.807) is 44.6 Å². The van der Waals surface area contributed by atoms with Crippen LogP contribution in [0.4, 0.5) is 11.4 Å². The summed E-state index contributed by atoms with van der Waals surface area (Å²) in [6.45, 7) is 5.89. The highest BCUT2D eigenvalue weighted by atomic mass is 16.5. The minimum absolute atomic E-state index is 0.222. The van der Waals surface area contributed by atoms with E-state index in [1.165, 1.54) is 4.90 Å². The van der Waals surface area contributed by atoms with Gasteiger partial charge in [-0.3, -0.25) is 9.59 Å². The first kappa shape index (κ1) is 22.1. The molecule has 0 aromatic heterocycles. The van der Waals surface area contributed by atoms with Gasteiger partial charge in [0.15, 0.2) is 11.5 Å². The lowest BCUT2D eigenvalue weighted by Crippen LogP contribution is -2.32. The van der Waals surface area contributed by atoms with Gasteiger partial charge in [0.25, 0.3) is 11.8 Å². The number of nitrogens with zero attached hydrogens (tertiary/aromatic N) is 1. The zero-order chi connectivity index (χ0) is 23.7. The van der Waals surface area contributed by atoms with Crippen LogP contribution >= 0.6 is 0 Å². The van der Waals surface area contributed by atoms with E-state index in [-0.39, 0.29) is 11.6 Å². The van der Waals surface area contributed by atoms with Gasteiger partial charge in [-0.2, -0.15) is 0 Å². The van der Waals surface area contributed by atoms with Crippen molar-refractivity contribution >= 4 is 28.8 Å². The first-order valence-electron chi connectivity index (χ1n) is 10.6. The lowest BCUT2D eigenvalue weighted by molar-refractivity contribution is -0.120. The van der Waals surface area contributed by atoms with Crippen molar-refractivity contribution in [2.45, 2.75) is 20.8 Å². The second-order valence-electron chi connectivity index (χ2n) is 8.04. The third-order valence-electron chi connectivity index (χ3n) is 5.68. The van der Waals surface area contributed by atoms with Crippen LogP contribution in [0.3, 0.4) is 0 Å². The van der Waals surface area contributed by atoms with E-state index in [2.05, 4.69) is 5.32 Å². The summed E-state index contributed by atoms with van der Waals surface area (Å²) in [5.74, 6) is 0.317. The molecule has 168 valence electrons. The van der Waals surface area contributed by atoms with Crippen LogP contribution in [0.1, 0.15) is 22.3 Å². The summed E-state index contributed by atoms with van der Waals surface area (Å²) in [6.07, 6.45) is 0. The molecular weight excluding hydrogens is 416 g/mol. The Kier molecular flexibility index (Phi) is 5.92. The Bertz CT molecular complexity index is 1280. The molecule has 1 N–H and O–H groups in total. The first-order chi connectivity index (χ1) is 15.8. The lowest BCUT2D eigenvalue weighted by Gasteiger charge is -2.16. The standard InChI is InChI=1S/C27H26N2O4/c1-16-6-10-20(11-7-16)29-26(30)24(21-12-8-17(2)14-18(21)3)25(27(29)31)28-19-9-13-22(32-4)23(15-19)33-5/h6-15,28H,1-5H3. The van der Waals surface area contributed by atoms with Crippen LogP contribution < -0.4 is 19.7 Å². The smallest absolute Gasteiger partial charge is 0.282 e. The molecule has 1 aliphatic heterocycles. The first-order valence-corrected chi connectivity index (χ1v) is 10.6.